The van der Waals surface area contributed by atoms with E-state index in [-0.39, 0.29) is 17.8 Å². The average Bonchev–Trinajstić information content (AvgIpc) is 3.78. The van der Waals surface area contributed by atoms with Crippen LogP contribution in [0.4, 0.5) is 11.4 Å². The third-order valence-electron chi connectivity index (χ3n) is 9.56. The Balaban J connectivity index is 0.00000228. The second-order valence-corrected chi connectivity index (χ2v) is 13.9. The van der Waals surface area contributed by atoms with Crippen LogP contribution in [-0.4, -0.2) is 64.8 Å². The monoisotopic (exact) mass is 742 g/mol. The van der Waals surface area contributed by atoms with E-state index in [9.17, 15) is 4.79 Å². The molecule has 2 fully saturated rings. The molecule has 0 saturated carbocycles. The van der Waals surface area contributed by atoms with Crippen molar-refractivity contribution < 1.29 is 14.2 Å². The molecule has 0 bridgehead atoms. The quantitative estimate of drug-likeness (QED) is 0.137. The van der Waals surface area contributed by atoms with Crippen LogP contribution in [0.1, 0.15) is 51.3 Å². The van der Waals surface area contributed by atoms with E-state index >= 15 is 0 Å². The average molecular weight is 743 g/mol. The topological polar surface area (TPSA) is 86.9 Å². The fourth-order valence-electron chi connectivity index (χ4n) is 6.54. The van der Waals surface area contributed by atoms with Crippen LogP contribution in [0.25, 0.3) is 5.69 Å². The standard InChI is InChI=1S/C38H42ClN6O4P.C2H6/c1-3-27(2)45-37(46)44(26-41-45)31-6-4-29(5-7-31)42-18-20-43(21-19-42)30-8-10-32(11-9-30)47-24-33-25-48-38(49-33,23-28-14-16-40-17-15-28)35-13-12-34(50)22-36(35)39;1-2/h4-17,22,26-27,33H,3,18-21,23-25,50H2,1-2H3;1-2H3. The summed E-state index contributed by atoms with van der Waals surface area (Å²) >= 11 is 6.71. The van der Waals surface area contributed by atoms with E-state index in [1.54, 1.807) is 28.0 Å². The molecule has 2 aliphatic heterocycles. The van der Waals surface area contributed by atoms with Crippen molar-refractivity contribution in [2.45, 2.75) is 58.5 Å². The first-order chi connectivity index (χ1) is 25.3. The summed E-state index contributed by atoms with van der Waals surface area (Å²) in [7, 11) is 2.68. The number of nitrogens with zero attached hydrogens (tertiary/aromatic N) is 6. The van der Waals surface area contributed by atoms with Gasteiger partial charge in [0.1, 0.15) is 24.8 Å². The number of pyridine rings is 1. The van der Waals surface area contributed by atoms with E-state index in [0.717, 1.165) is 71.8 Å². The second kappa shape index (κ2) is 17.1. The fraction of sp³-hybridized carbons (Fsp3) is 0.375. The molecule has 2 saturated heterocycles. The molecular weight excluding hydrogens is 695 g/mol. The normalized spacial score (nSPS) is 19.2. The highest BCUT2D eigenvalue weighted by molar-refractivity contribution is 7.27. The van der Waals surface area contributed by atoms with Crippen molar-refractivity contribution in [3.05, 3.63) is 124 Å². The summed E-state index contributed by atoms with van der Waals surface area (Å²) in [5.74, 6) is -0.239. The lowest BCUT2D eigenvalue weighted by atomic mass is 9.98. The lowest BCUT2D eigenvalue weighted by Gasteiger charge is -2.37. The van der Waals surface area contributed by atoms with Crippen LogP contribution in [0.3, 0.4) is 0 Å². The van der Waals surface area contributed by atoms with Gasteiger partial charge in [-0.05, 0) is 90.9 Å². The first-order valence-electron chi connectivity index (χ1n) is 18.1. The van der Waals surface area contributed by atoms with Gasteiger partial charge in [-0.15, -0.1) is 9.24 Å². The van der Waals surface area contributed by atoms with Crippen LogP contribution in [0.2, 0.25) is 5.02 Å². The molecule has 2 aliphatic rings. The van der Waals surface area contributed by atoms with Crippen LogP contribution >= 0.6 is 20.8 Å². The van der Waals surface area contributed by atoms with Crippen molar-refractivity contribution in [3.63, 3.8) is 0 Å². The van der Waals surface area contributed by atoms with Gasteiger partial charge in [0.25, 0.3) is 0 Å². The van der Waals surface area contributed by atoms with E-state index in [0.29, 0.717) is 24.7 Å². The molecule has 4 atom stereocenters. The van der Waals surface area contributed by atoms with E-state index in [1.165, 1.54) is 0 Å². The molecule has 4 heterocycles. The Bertz CT molecular complexity index is 1950. The van der Waals surface area contributed by atoms with E-state index in [2.05, 4.69) is 60.3 Å². The highest BCUT2D eigenvalue weighted by Crippen LogP contribution is 2.41. The molecule has 5 aromatic rings. The molecule has 0 amide bonds. The molecule has 0 spiro atoms. The SMILES string of the molecule is CC.CCC(C)n1ncn(-c2ccc(N3CCN(c4ccc(OCC5COC(Cc6ccncc6)(c6ccc(P)cc6Cl)O5)cc4)CC3)cc2)c1=O. The maximum absolute atomic E-state index is 12.8. The summed E-state index contributed by atoms with van der Waals surface area (Å²) < 4.78 is 22.3. The number of rotatable bonds is 11. The minimum Gasteiger partial charge on any atom is -0.491 e. The van der Waals surface area contributed by atoms with Crippen molar-refractivity contribution in [1.82, 2.24) is 19.3 Å². The molecule has 7 rings (SSSR count). The number of piperazine rings is 1. The van der Waals surface area contributed by atoms with E-state index < -0.39 is 5.79 Å². The molecule has 52 heavy (non-hydrogen) atoms. The highest BCUT2D eigenvalue weighted by Gasteiger charge is 2.45. The number of ether oxygens (including phenoxy) is 3. The first kappa shape index (κ1) is 37.5. The number of aromatic nitrogens is 4. The molecule has 3 aromatic carbocycles. The van der Waals surface area contributed by atoms with Crippen molar-refractivity contribution >= 4 is 37.5 Å². The lowest BCUT2D eigenvalue weighted by molar-refractivity contribution is -0.178. The Kier molecular flexibility index (Phi) is 12.3. The van der Waals surface area contributed by atoms with Gasteiger partial charge in [-0.2, -0.15) is 5.10 Å². The molecule has 0 aliphatic carbocycles. The Morgan fingerprint density at radius 2 is 1.54 bits per heavy atom. The van der Waals surface area contributed by atoms with Gasteiger partial charge in [0, 0.05) is 67.0 Å². The summed E-state index contributed by atoms with van der Waals surface area (Å²) in [5.41, 5.74) is 4.86. The van der Waals surface area contributed by atoms with Gasteiger partial charge in [0.2, 0.25) is 5.79 Å². The van der Waals surface area contributed by atoms with E-state index in [4.69, 9.17) is 25.8 Å². The smallest absolute Gasteiger partial charge is 0.350 e. The molecule has 2 aromatic heterocycles. The maximum Gasteiger partial charge on any atom is 0.350 e. The molecule has 0 N–H and O–H groups in total. The van der Waals surface area contributed by atoms with Crippen LogP contribution in [0, 0.1) is 0 Å². The largest absolute Gasteiger partial charge is 0.491 e. The minimum absolute atomic E-state index is 0.0686. The van der Waals surface area contributed by atoms with Gasteiger partial charge in [0.15, 0.2) is 0 Å². The predicted molar refractivity (Wildman–Crippen MR) is 212 cm³/mol. The Labute approximate surface area is 313 Å². The van der Waals surface area contributed by atoms with Gasteiger partial charge in [-0.25, -0.2) is 14.0 Å². The van der Waals surface area contributed by atoms with Crippen molar-refractivity contribution in [2.24, 2.45) is 0 Å². The second-order valence-electron chi connectivity index (χ2n) is 12.9. The third-order valence-corrected chi connectivity index (χ3v) is 10.2. The molecule has 4 unspecified atom stereocenters. The molecule has 12 heteroatoms. The Morgan fingerprint density at radius 1 is 0.923 bits per heavy atom. The summed E-state index contributed by atoms with van der Waals surface area (Å²) in [6.45, 7) is 12.4. The molecular formula is C40H48ClN6O4P. The van der Waals surface area contributed by atoms with Gasteiger partial charge < -0.3 is 24.0 Å². The Morgan fingerprint density at radius 3 is 2.15 bits per heavy atom. The molecule has 0 radical (unpaired) electrons. The summed E-state index contributed by atoms with van der Waals surface area (Å²) in [6.07, 6.45) is 6.23. The number of halogens is 1. The Hall–Kier alpha value is -4.21. The molecule has 274 valence electrons. The number of hydrogen-bond acceptors (Lipinski definition) is 8. The lowest BCUT2D eigenvalue weighted by Crippen LogP contribution is -2.46. The van der Waals surface area contributed by atoms with Gasteiger partial charge >= 0.3 is 5.69 Å². The number of anilines is 2. The van der Waals surface area contributed by atoms with Gasteiger partial charge in [0.05, 0.1) is 18.3 Å². The fourth-order valence-corrected chi connectivity index (χ4v) is 7.25. The summed E-state index contributed by atoms with van der Waals surface area (Å²) in [5, 5.41) is 5.90. The number of benzene rings is 3. The van der Waals surface area contributed by atoms with Crippen LogP contribution in [0.15, 0.2) is 102 Å². The van der Waals surface area contributed by atoms with Crippen LogP contribution < -0.4 is 25.5 Å². The summed E-state index contributed by atoms with van der Waals surface area (Å²) in [6, 6.07) is 26.3. The zero-order valence-electron chi connectivity index (χ0n) is 30.3. The van der Waals surface area contributed by atoms with Crippen molar-refractivity contribution in [3.8, 4) is 11.4 Å². The predicted octanol–water partition coefficient (Wildman–Crippen LogP) is 6.80. The first-order valence-corrected chi connectivity index (χ1v) is 19.0. The van der Waals surface area contributed by atoms with Gasteiger partial charge in [-0.1, -0.05) is 44.5 Å². The van der Waals surface area contributed by atoms with Crippen molar-refractivity contribution in [2.75, 3.05) is 49.2 Å². The zero-order chi connectivity index (χ0) is 36.7. The van der Waals surface area contributed by atoms with Crippen LogP contribution in [-0.2, 0) is 21.7 Å². The van der Waals surface area contributed by atoms with E-state index in [1.807, 2.05) is 75.4 Å². The van der Waals surface area contributed by atoms with Crippen LogP contribution in [0.5, 0.6) is 5.75 Å². The highest BCUT2D eigenvalue weighted by atomic mass is 35.5. The third kappa shape index (κ3) is 8.37. The van der Waals surface area contributed by atoms with Gasteiger partial charge in [-0.3, -0.25) is 4.98 Å². The summed E-state index contributed by atoms with van der Waals surface area (Å²) in [4.78, 5) is 21.7. The van der Waals surface area contributed by atoms with Crippen molar-refractivity contribution in [1.29, 1.82) is 0 Å². The number of hydrogen-bond donors (Lipinski definition) is 0. The minimum atomic E-state index is -1.02. The maximum atomic E-state index is 12.8. The molecule has 10 nitrogen and oxygen atoms in total. The zero-order valence-corrected chi connectivity index (χ0v) is 32.2.